The van der Waals surface area contributed by atoms with E-state index >= 15 is 0 Å². The Hall–Kier alpha value is -1.49. The number of carbonyl (C=O) groups excluding carboxylic acids is 1. The van der Waals surface area contributed by atoms with Crippen LogP contribution in [0.4, 0.5) is 8.78 Å². The minimum absolute atomic E-state index is 0.0813. The third-order valence-corrected chi connectivity index (χ3v) is 2.91. The van der Waals surface area contributed by atoms with E-state index in [2.05, 4.69) is 0 Å². The molecule has 86 valence electrons. The van der Waals surface area contributed by atoms with Gasteiger partial charge in [0.05, 0.1) is 6.04 Å². The summed E-state index contributed by atoms with van der Waals surface area (Å²) in [5, 5.41) is 0. The molecule has 2 N–H and O–H groups in total. The summed E-state index contributed by atoms with van der Waals surface area (Å²) in [5.41, 5.74) is 6.33. The molecule has 1 fully saturated rings. The Bertz CT molecular complexity index is 436. The Kier molecular flexibility index (Phi) is 2.63. The summed E-state index contributed by atoms with van der Waals surface area (Å²) >= 11 is 0. The Morgan fingerprint density at radius 2 is 2.06 bits per heavy atom. The summed E-state index contributed by atoms with van der Waals surface area (Å²) in [6.07, 6.45) is 0.236. The molecule has 0 bridgehead atoms. The van der Waals surface area contributed by atoms with Gasteiger partial charge in [0.1, 0.15) is 0 Å². The van der Waals surface area contributed by atoms with Crippen molar-refractivity contribution < 1.29 is 13.6 Å². The summed E-state index contributed by atoms with van der Waals surface area (Å²) in [6.45, 7) is 0. The first kappa shape index (κ1) is 11.0. The molecule has 1 saturated heterocycles. The quantitative estimate of drug-likeness (QED) is 0.782. The molecule has 3 nitrogen and oxygen atoms in total. The van der Waals surface area contributed by atoms with Crippen molar-refractivity contribution in [1.82, 2.24) is 4.90 Å². The standard InChI is InChI=1S/C11H12F2N2O/c1-15-10(16)5-9(14)11(15)6-2-3-7(12)8(13)4-6/h2-4,9,11H,5,14H2,1H3/t9-,11-/m0/s1. The predicted octanol–water partition coefficient (Wildman–Crippen LogP) is 1.20. The minimum atomic E-state index is -0.919. The molecule has 0 unspecified atom stereocenters. The molecule has 0 aliphatic carbocycles. The van der Waals surface area contributed by atoms with Gasteiger partial charge in [-0.25, -0.2) is 8.78 Å². The van der Waals surface area contributed by atoms with Gasteiger partial charge < -0.3 is 10.6 Å². The molecule has 1 aromatic rings. The fourth-order valence-corrected chi connectivity index (χ4v) is 2.07. The van der Waals surface area contributed by atoms with Crippen molar-refractivity contribution in [2.45, 2.75) is 18.5 Å². The van der Waals surface area contributed by atoms with Crippen LogP contribution >= 0.6 is 0 Å². The molecule has 1 aliphatic heterocycles. The Morgan fingerprint density at radius 3 is 2.56 bits per heavy atom. The third kappa shape index (κ3) is 1.67. The van der Waals surface area contributed by atoms with E-state index in [-0.39, 0.29) is 24.4 Å². The molecule has 1 amide bonds. The van der Waals surface area contributed by atoms with Crippen LogP contribution in [-0.4, -0.2) is 23.9 Å². The first-order chi connectivity index (χ1) is 7.50. The van der Waals surface area contributed by atoms with E-state index in [4.69, 9.17) is 5.73 Å². The highest BCUT2D eigenvalue weighted by Gasteiger charge is 2.36. The van der Waals surface area contributed by atoms with Gasteiger partial charge in [-0.3, -0.25) is 4.79 Å². The van der Waals surface area contributed by atoms with Gasteiger partial charge in [0.15, 0.2) is 11.6 Å². The number of hydrogen-bond acceptors (Lipinski definition) is 2. The summed E-state index contributed by atoms with van der Waals surface area (Å²) < 4.78 is 25.8. The highest BCUT2D eigenvalue weighted by Crippen LogP contribution is 2.31. The maximum absolute atomic E-state index is 13.1. The number of benzene rings is 1. The van der Waals surface area contributed by atoms with E-state index in [9.17, 15) is 13.6 Å². The molecule has 1 aromatic carbocycles. The van der Waals surface area contributed by atoms with Crippen LogP contribution in [0.25, 0.3) is 0 Å². The summed E-state index contributed by atoms with van der Waals surface area (Å²) in [7, 11) is 1.61. The van der Waals surface area contributed by atoms with Crippen molar-refractivity contribution in [3.8, 4) is 0 Å². The van der Waals surface area contributed by atoms with E-state index in [1.807, 2.05) is 0 Å². The van der Waals surface area contributed by atoms with Crippen molar-refractivity contribution in [2.24, 2.45) is 5.73 Å². The average molecular weight is 226 g/mol. The van der Waals surface area contributed by atoms with Gasteiger partial charge >= 0.3 is 0 Å². The molecule has 1 heterocycles. The van der Waals surface area contributed by atoms with Crippen LogP contribution in [0.2, 0.25) is 0 Å². The molecule has 2 atom stereocenters. The Labute approximate surface area is 91.8 Å². The van der Waals surface area contributed by atoms with Gasteiger partial charge in [-0.05, 0) is 17.7 Å². The van der Waals surface area contributed by atoms with Gasteiger partial charge in [-0.1, -0.05) is 6.07 Å². The van der Waals surface area contributed by atoms with Crippen LogP contribution in [0.5, 0.6) is 0 Å². The fraction of sp³-hybridized carbons (Fsp3) is 0.364. The fourth-order valence-electron chi connectivity index (χ4n) is 2.07. The van der Waals surface area contributed by atoms with E-state index in [0.717, 1.165) is 12.1 Å². The van der Waals surface area contributed by atoms with Gasteiger partial charge in [-0.2, -0.15) is 0 Å². The molecule has 0 radical (unpaired) electrons. The number of amides is 1. The third-order valence-electron chi connectivity index (χ3n) is 2.91. The van der Waals surface area contributed by atoms with Gasteiger partial charge in [-0.15, -0.1) is 0 Å². The maximum atomic E-state index is 13.1. The van der Waals surface area contributed by atoms with E-state index in [1.54, 1.807) is 7.05 Å². The first-order valence-electron chi connectivity index (χ1n) is 4.97. The maximum Gasteiger partial charge on any atom is 0.224 e. The summed E-state index contributed by atoms with van der Waals surface area (Å²) in [4.78, 5) is 12.9. The zero-order valence-corrected chi connectivity index (χ0v) is 8.78. The highest BCUT2D eigenvalue weighted by molar-refractivity contribution is 5.80. The summed E-state index contributed by atoms with van der Waals surface area (Å²) in [6, 6.07) is 2.85. The van der Waals surface area contributed by atoms with Crippen LogP contribution in [0, 0.1) is 11.6 Å². The van der Waals surface area contributed by atoms with Gasteiger partial charge in [0.25, 0.3) is 0 Å². The number of carbonyl (C=O) groups is 1. The molecule has 1 aliphatic rings. The molecule has 0 saturated carbocycles. The largest absolute Gasteiger partial charge is 0.337 e. The lowest BCUT2D eigenvalue weighted by Crippen LogP contribution is -2.30. The second kappa shape index (κ2) is 3.83. The van der Waals surface area contributed by atoms with Crippen molar-refractivity contribution in [3.05, 3.63) is 35.4 Å². The zero-order chi connectivity index (χ0) is 11.9. The number of nitrogens with zero attached hydrogens (tertiary/aromatic N) is 1. The predicted molar refractivity (Wildman–Crippen MR) is 54.5 cm³/mol. The second-order valence-electron chi connectivity index (χ2n) is 3.99. The van der Waals surface area contributed by atoms with E-state index < -0.39 is 11.6 Å². The van der Waals surface area contributed by atoms with E-state index in [1.165, 1.54) is 11.0 Å². The number of halogens is 2. The molecule has 0 aromatic heterocycles. The number of hydrogen-bond donors (Lipinski definition) is 1. The van der Waals surface area contributed by atoms with Crippen LogP contribution in [-0.2, 0) is 4.79 Å². The smallest absolute Gasteiger partial charge is 0.224 e. The molecular weight excluding hydrogens is 214 g/mol. The molecule has 16 heavy (non-hydrogen) atoms. The second-order valence-corrected chi connectivity index (χ2v) is 3.99. The lowest BCUT2D eigenvalue weighted by Gasteiger charge is -2.23. The monoisotopic (exact) mass is 226 g/mol. The average Bonchev–Trinajstić information content (AvgIpc) is 2.47. The van der Waals surface area contributed by atoms with Crippen LogP contribution in [0.3, 0.4) is 0 Å². The highest BCUT2D eigenvalue weighted by atomic mass is 19.2. The Morgan fingerprint density at radius 1 is 1.38 bits per heavy atom. The van der Waals surface area contributed by atoms with Crippen LogP contribution in [0.15, 0.2) is 18.2 Å². The molecular formula is C11H12F2N2O. The van der Waals surface area contributed by atoms with Gasteiger partial charge in [0, 0.05) is 19.5 Å². The normalized spacial score (nSPS) is 25.2. The number of nitrogens with two attached hydrogens (primary N) is 1. The SMILES string of the molecule is CN1C(=O)C[C@H](N)[C@@H]1c1ccc(F)c(F)c1. The number of likely N-dealkylation sites (N-methyl/N-ethyl adjacent to an activating group) is 1. The van der Waals surface area contributed by atoms with Crippen molar-refractivity contribution in [2.75, 3.05) is 7.05 Å². The van der Waals surface area contributed by atoms with E-state index in [0.29, 0.717) is 5.56 Å². The van der Waals surface area contributed by atoms with Crippen molar-refractivity contribution in [3.63, 3.8) is 0 Å². The first-order valence-corrected chi connectivity index (χ1v) is 4.97. The Balaban J connectivity index is 2.37. The lowest BCUT2D eigenvalue weighted by molar-refractivity contribution is -0.127. The summed E-state index contributed by atoms with van der Waals surface area (Å²) in [5.74, 6) is -1.90. The lowest BCUT2D eigenvalue weighted by atomic mass is 10.0. The number of rotatable bonds is 1. The minimum Gasteiger partial charge on any atom is -0.337 e. The zero-order valence-electron chi connectivity index (χ0n) is 8.78. The molecule has 5 heteroatoms. The molecule has 0 spiro atoms. The molecule has 2 rings (SSSR count). The van der Waals surface area contributed by atoms with Crippen LogP contribution in [0.1, 0.15) is 18.0 Å². The van der Waals surface area contributed by atoms with Crippen molar-refractivity contribution in [1.29, 1.82) is 0 Å². The topological polar surface area (TPSA) is 46.3 Å². The van der Waals surface area contributed by atoms with Crippen molar-refractivity contribution >= 4 is 5.91 Å². The number of likely N-dealkylation sites (tertiary alicyclic amines) is 1. The van der Waals surface area contributed by atoms with Crippen LogP contribution < -0.4 is 5.73 Å². The van der Waals surface area contributed by atoms with Gasteiger partial charge in [0.2, 0.25) is 5.91 Å².